The lowest BCUT2D eigenvalue weighted by Crippen LogP contribution is -2.45. The van der Waals surface area contributed by atoms with Gasteiger partial charge in [0, 0.05) is 37.4 Å². The molecule has 0 spiro atoms. The Kier molecular flexibility index (Phi) is 9.43. The molecule has 1 aliphatic carbocycles. The molecule has 8 heteroatoms. The number of carbonyl (C=O) groups excluding carboxylic acids is 1. The number of benzene rings is 1. The third-order valence-corrected chi connectivity index (χ3v) is 5.25. The van der Waals surface area contributed by atoms with Crippen LogP contribution >= 0.6 is 24.0 Å². The second-order valence-corrected chi connectivity index (χ2v) is 7.31. The number of anilines is 1. The van der Waals surface area contributed by atoms with Gasteiger partial charge in [0.2, 0.25) is 5.91 Å². The zero-order valence-corrected chi connectivity index (χ0v) is 18.7. The van der Waals surface area contributed by atoms with Crippen LogP contribution in [0.25, 0.3) is 0 Å². The standard InChI is InChI=1S/C20H30FN5O.HI/c1-2-22-20(23-13-19(27)24-16-9-7-15(21)8-10-16)25-17-11-12-26(14-17)18-5-3-4-6-18;/h7-10,17-18H,2-6,11-14H2,1H3,(H,24,27)(H2,22,23,25);1H. The summed E-state index contributed by atoms with van der Waals surface area (Å²) in [5.74, 6) is 0.121. The van der Waals surface area contributed by atoms with Crippen molar-refractivity contribution in [2.45, 2.75) is 51.1 Å². The van der Waals surface area contributed by atoms with E-state index in [1.54, 1.807) is 0 Å². The van der Waals surface area contributed by atoms with Crippen molar-refractivity contribution in [1.82, 2.24) is 15.5 Å². The Bertz CT molecular complexity index is 649. The summed E-state index contributed by atoms with van der Waals surface area (Å²) >= 11 is 0. The summed E-state index contributed by atoms with van der Waals surface area (Å²) < 4.78 is 12.9. The van der Waals surface area contributed by atoms with Crippen LogP contribution in [0.3, 0.4) is 0 Å². The molecule has 28 heavy (non-hydrogen) atoms. The molecule has 1 aromatic carbocycles. The van der Waals surface area contributed by atoms with Crippen molar-refractivity contribution >= 4 is 41.5 Å². The number of guanidine groups is 1. The minimum Gasteiger partial charge on any atom is -0.357 e. The fraction of sp³-hybridized carbons (Fsp3) is 0.600. The van der Waals surface area contributed by atoms with Gasteiger partial charge in [-0.2, -0.15) is 0 Å². The van der Waals surface area contributed by atoms with Crippen LogP contribution in [-0.4, -0.2) is 55.0 Å². The second kappa shape index (κ2) is 11.5. The zero-order valence-electron chi connectivity index (χ0n) is 16.4. The smallest absolute Gasteiger partial charge is 0.246 e. The van der Waals surface area contributed by atoms with Crippen molar-refractivity contribution in [2.24, 2.45) is 4.99 Å². The zero-order chi connectivity index (χ0) is 19.1. The van der Waals surface area contributed by atoms with Crippen LogP contribution in [0.15, 0.2) is 29.3 Å². The Hall–Kier alpha value is -1.42. The summed E-state index contributed by atoms with van der Waals surface area (Å²) in [6.07, 6.45) is 6.45. The highest BCUT2D eigenvalue weighted by Crippen LogP contribution is 2.26. The highest BCUT2D eigenvalue weighted by atomic mass is 127. The maximum absolute atomic E-state index is 12.9. The van der Waals surface area contributed by atoms with Crippen LogP contribution in [0, 0.1) is 5.82 Å². The van der Waals surface area contributed by atoms with Crippen LogP contribution < -0.4 is 16.0 Å². The van der Waals surface area contributed by atoms with E-state index in [4.69, 9.17) is 0 Å². The number of nitrogens with one attached hydrogen (secondary N) is 3. The van der Waals surface area contributed by atoms with Crippen molar-refractivity contribution in [3.05, 3.63) is 30.1 Å². The first kappa shape index (κ1) is 22.9. The van der Waals surface area contributed by atoms with E-state index in [2.05, 4.69) is 25.8 Å². The number of aliphatic imine (C=N–C) groups is 1. The summed E-state index contributed by atoms with van der Waals surface area (Å²) in [5, 5.41) is 9.40. The Morgan fingerprint density at radius 1 is 1.21 bits per heavy atom. The van der Waals surface area contributed by atoms with Crippen molar-refractivity contribution in [3.63, 3.8) is 0 Å². The Balaban J connectivity index is 0.00000280. The monoisotopic (exact) mass is 503 g/mol. The number of carbonyl (C=O) groups is 1. The molecule has 2 aliphatic rings. The molecule has 0 bridgehead atoms. The van der Waals surface area contributed by atoms with Crippen LogP contribution in [0.2, 0.25) is 0 Å². The van der Waals surface area contributed by atoms with Gasteiger partial charge in [0.25, 0.3) is 0 Å². The molecule has 1 aliphatic heterocycles. The molecule has 1 saturated heterocycles. The van der Waals surface area contributed by atoms with Crippen LogP contribution in [0.4, 0.5) is 10.1 Å². The molecule has 6 nitrogen and oxygen atoms in total. The first-order valence-electron chi connectivity index (χ1n) is 9.98. The Morgan fingerprint density at radius 3 is 2.61 bits per heavy atom. The lowest BCUT2D eigenvalue weighted by atomic mass is 10.2. The van der Waals surface area contributed by atoms with Gasteiger partial charge in [-0.05, 0) is 50.5 Å². The molecule has 1 atom stereocenters. The average molecular weight is 503 g/mol. The van der Waals surface area contributed by atoms with E-state index in [1.807, 2.05) is 6.92 Å². The molecule has 3 N–H and O–H groups in total. The minimum atomic E-state index is -0.326. The average Bonchev–Trinajstić information content (AvgIpc) is 3.33. The van der Waals surface area contributed by atoms with E-state index in [-0.39, 0.29) is 42.2 Å². The van der Waals surface area contributed by atoms with Gasteiger partial charge in [0.05, 0.1) is 0 Å². The van der Waals surface area contributed by atoms with Crippen LogP contribution in [0.1, 0.15) is 39.0 Å². The van der Waals surface area contributed by atoms with E-state index in [0.717, 1.165) is 32.1 Å². The summed E-state index contributed by atoms with van der Waals surface area (Å²) in [6.45, 7) is 4.94. The molecule has 0 radical (unpaired) electrons. The molecular weight excluding hydrogens is 472 g/mol. The lowest BCUT2D eigenvalue weighted by molar-refractivity contribution is -0.114. The maximum atomic E-state index is 12.9. The molecule has 1 aromatic rings. The molecule has 2 fully saturated rings. The topological polar surface area (TPSA) is 68.8 Å². The van der Waals surface area contributed by atoms with Gasteiger partial charge in [-0.15, -0.1) is 24.0 Å². The van der Waals surface area contributed by atoms with E-state index >= 15 is 0 Å². The Morgan fingerprint density at radius 2 is 1.93 bits per heavy atom. The summed E-state index contributed by atoms with van der Waals surface area (Å²) in [6, 6.07) is 6.83. The fourth-order valence-corrected chi connectivity index (χ4v) is 3.90. The molecule has 1 unspecified atom stereocenters. The quantitative estimate of drug-likeness (QED) is 0.317. The largest absolute Gasteiger partial charge is 0.357 e. The number of halogens is 2. The fourth-order valence-electron chi connectivity index (χ4n) is 3.90. The molecule has 156 valence electrons. The first-order valence-corrected chi connectivity index (χ1v) is 9.98. The van der Waals surface area contributed by atoms with Gasteiger partial charge in [-0.1, -0.05) is 12.8 Å². The highest BCUT2D eigenvalue weighted by molar-refractivity contribution is 14.0. The summed E-state index contributed by atoms with van der Waals surface area (Å²) in [4.78, 5) is 19.1. The molecule has 3 rings (SSSR count). The van der Waals surface area contributed by atoms with Crippen LogP contribution in [-0.2, 0) is 4.79 Å². The van der Waals surface area contributed by atoms with Crippen molar-refractivity contribution in [2.75, 3.05) is 31.5 Å². The summed E-state index contributed by atoms with van der Waals surface area (Å²) in [5.41, 5.74) is 0.567. The molecular formula is C20H31FIN5O. The van der Waals surface area contributed by atoms with E-state index < -0.39 is 0 Å². The number of rotatable bonds is 6. The molecule has 1 amide bonds. The number of hydrogen-bond acceptors (Lipinski definition) is 3. The number of likely N-dealkylation sites (tertiary alicyclic amines) is 1. The van der Waals surface area contributed by atoms with Gasteiger partial charge in [-0.3, -0.25) is 9.69 Å². The number of hydrogen-bond donors (Lipinski definition) is 3. The number of nitrogens with zero attached hydrogens (tertiary/aromatic N) is 2. The number of amides is 1. The van der Waals surface area contributed by atoms with E-state index in [0.29, 0.717) is 17.7 Å². The lowest BCUT2D eigenvalue weighted by Gasteiger charge is -2.24. The predicted octanol–water partition coefficient (Wildman–Crippen LogP) is 2.95. The first-order chi connectivity index (χ1) is 13.1. The van der Waals surface area contributed by atoms with Crippen LogP contribution in [0.5, 0.6) is 0 Å². The van der Waals surface area contributed by atoms with E-state index in [9.17, 15) is 9.18 Å². The van der Waals surface area contributed by atoms with Gasteiger partial charge in [0.15, 0.2) is 5.96 Å². The maximum Gasteiger partial charge on any atom is 0.246 e. The third kappa shape index (κ3) is 6.88. The SMILES string of the molecule is CCNC(=NCC(=O)Nc1ccc(F)cc1)NC1CCN(C2CCCC2)C1.I. The van der Waals surface area contributed by atoms with Gasteiger partial charge in [-0.25, -0.2) is 9.38 Å². The van der Waals surface area contributed by atoms with Crippen molar-refractivity contribution < 1.29 is 9.18 Å². The molecule has 0 aromatic heterocycles. The Labute approximate surface area is 183 Å². The van der Waals surface area contributed by atoms with E-state index in [1.165, 1.54) is 49.9 Å². The van der Waals surface area contributed by atoms with Crippen molar-refractivity contribution in [3.8, 4) is 0 Å². The normalized spacial score (nSPS) is 20.6. The second-order valence-electron chi connectivity index (χ2n) is 7.31. The van der Waals surface area contributed by atoms with Gasteiger partial charge >= 0.3 is 0 Å². The molecule has 1 heterocycles. The minimum absolute atomic E-state index is 0. The highest BCUT2D eigenvalue weighted by Gasteiger charge is 2.30. The van der Waals surface area contributed by atoms with Crippen molar-refractivity contribution in [1.29, 1.82) is 0 Å². The summed E-state index contributed by atoms with van der Waals surface area (Å²) in [7, 11) is 0. The third-order valence-electron chi connectivity index (χ3n) is 5.25. The van der Waals surface area contributed by atoms with Gasteiger partial charge < -0.3 is 16.0 Å². The predicted molar refractivity (Wildman–Crippen MR) is 122 cm³/mol. The molecule has 1 saturated carbocycles. The van der Waals surface area contributed by atoms with Gasteiger partial charge in [0.1, 0.15) is 12.4 Å².